The normalized spacial score (nSPS) is 27.0. The Hall–Kier alpha value is -1.33. The maximum absolute atomic E-state index is 5.74. The summed E-state index contributed by atoms with van der Waals surface area (Å²) in [5.41, 5.74) is 2.00. The van der Waals surface area contributed by atoms with E-state index in [4.69, 9.17) is 21.7 Å². The zero-order chi connectivity index (χ0) is 13.6. The molecule has 19 heavy (non-hydrogen) atoms. The number of aromatic amines is 1. The van der Waals surface area contributed by atoms with Crippen molar-refractivity contribution in [2.75, 3.05) is 13.7 Å². The summed E-state index contributed by atoms with van der Waals surface area (Å²) < 4.78 is 14.0. The number of methoxy groups -OCH3 is 1. The second-order valence-corrected chi connectivity index (χ2v) is 5.66. The second-order valence-electron chi connectivity index (χ2n) is 5.27. The number of rotatable bonds is 2. The number of imidazole rings is 1. The van der Waals surface area contributed by atoms with Crippen molar-refractivity contribution in [1.82, 2.24) is 9.55 Å². The van der Waals surface area contributed by atoms with Crippen molar-refractivity contribution in [2.45, 2.75) is 31.9 Å². The SMILES string of the molecule is COc1ccc2[nH]c(=S)n(C3(C)CCOC3C)c2c1. The van der Waals surface area contributed by atoms with E-state index in [2.05, 4.69) is 23.4 Å². The van der Waals surface area contributed by atoms with E-state index in [1.165, 1.54) is 0 Å². The molecule has 1 fully saturated rings. The second kappa shape index (κ2) is 4.35. The number of hydrogen-bond donors (Lipinski definition) is 1. The first-order valence-corrected chi connectivity index (χ1v) is 6.88. The van der Waals surface area contributed by atoms with Gasteiger partial charge >= 0.3 is 0 Å². The van der Waals surface area contributed by atoms with Gasteiger partial charge in [0.2, 0.25) is 0 Å². The lowest BCUT2D eigenvalue weighted by atomic mass is 9.94. The van der Waals surface area contributed by atoms with Crippen molar-refractivity contribution < 1.29 is 9.47 Å². The predicted octanol–water partition coefficient (Wildman–Crippen LogP) is 3.23. The van der Waals surface area contributed by atoms with Crippen LogP contribution in [0.3, 0.4) is 0 Å². The zero-order valence-corrected chi connectivity index (χ0v) is 12.2. The molecule has 1 aliphatic heterocycles. The first kappa shape index (κ1) is 12.7. The molecule has 1 aromatic heterocycles. The molecule has 0 radical (unpaired) electrons. The molecule has 0 amide bonds. The Kier molecular flexibility index (Phi) is 2.91. The van der Waals surface area contributed by atoms with E-state index in [0.717, 1.165) is 34.6 Å². The topological polar surface area (TPSA) is 39.2 Å². The van der Waals surface area contributed by atoms with E-state index in [1.54, 1.807) is 7.11 Å². The summed E-state index contributed by atoms with van der Waals surface area (Å²) >= 11 is 5.50. The van der Waals surface area contributed by atoms with Crippen molar-refractivity contribution in [3.63, 3.8) is 0 Å². The molecule has 1 N–H and O–H groups in total. The molecule has 5 heteroatoms. The van der Waals surface area contributed by atoms with Gasteiger partial charge in [0.15, 0.2) is 4.77 Å². The summed E-state index contributed by atoms with van der Waals surface area (Å²) in [5, 5.41) is 0. The Bertz CT molecular complexity index is 676. The summed E-state index contributed by atoms with van der Waals surface area (Å²) in [6.07, 6.45) is 1.11. The largest absolute Gasteiger partial charge is 0.497 e. The van der Waals surface area contributed by atoms with Crippen molar-refractivity contribution in [1.29, 1.82) is 0 Å². The fourth-order valence-corrected chi connectivity index (χ4v) is 3.25. The van der Waals surface area contributed by atoms with E-state index in [-0.39, 0.29) is 11.6 Å². The Morgan fingerprint density at radius 2 is 2.32 bits per heavy atom. The molecule has 0 saturated carbocycles. The minimum Gasteiger partial charge on any atom is -0.497 e. The molecule has 2 atom stereocenters. The van der Waals surface area contributed by atoms with Crippen molar-refractivity contribution in [3.8, 4) is 5.75 Å². The molecule has 1 saturated heterocycles. The molecule has 0 spiro atoms. The quantitative estimate of drug-likeness (QED) is 0.857. The van der Waals surface area contributed by atoms with Gasteiger partial charge in [0.05, 0.1) is 29.8 Å². The van der Waals surface area contributed by atoms with Gasteiger partial charge in [0.25, 0.3) is 0 Å². The maximum Gasteiger partial charge on any atom is 0.178 e. The van der Waals surface area contributed by atoms with E-state index < -0.39 is 0 Å². The summed E-state index contributed by atoms with van der Waals surface area (Å²) in [5.74, 6) is 0.838. The van der Waals surface area contributed by atoms with Crippen LogP contribution in [0.5, 0.6) is 5.75 Å². The van der Waals surface area contributed by atoms with Gasteiger partial charge < -0.3 is 19.0 Å². The highest BCUT2D eigenvalue weighted by atomic mass is 32.1. The standard InChI is InChI=1S/C14H18N2O2S/c1-9-14(2,6-7-18-9)16-12-8-10(17-3)4-5-11(12)15-13(16)19/h4-5,8-9H,6-7H2,1-3H3,(H,15,19). The molecule has 2 unspecified atom stereocenters. The number of H-pyrrole nitrogens is 1. The average Bonchev–Trinajstić information content (AvgIpc) is 2.89. The molecule has 1 aliphatic rings. The zero-order valence-electron chi connectivity index (χ0n) is 11.4. The van der Waals surface area contributed by atoms with E-state index in [9.17, 15) is 0 Å². The Labute approximate surface area is 117 Å². The van der Waals surface area contributed by atoms with Crippen LogP contribution in [0.1, 0.15) is 20.3 Å². The smallest absolute Gasteiger partial charge is 0.178 e. The third-order valence-corrected chi connectivity index (χ3v) is 4.54. The number of nitrogens with zero attached hydrogens (tertiary/aromatic N) is 1. The number of ether oxygens (including phenoxy) is 2. The molecule has 1 aromatic carbocycles. The summed E-state index contributed by atoms with van der Waals surface area (Å²) in [4.78, 5) is 3.27. The summed E-state index contributed by atoms with van der Waals surface area (Å²) in [6, 6.07) is 5.97. The Morgan fingerprint density at radius 1 is 1.53 bits per heavy atom. The monoisotopic (exact) mass is 278 g/mol. The number of aromatic nitrogens is 2. The van der Waals surface area contributed by atoms with Gasteiger partial charge in [-0.25, -0.2) is 0 Å². The highest BCUT2D eigenvalue weighted by molar-refractivity contribution is 7.71. The first-order valence-electron chi connectivity index (χ1n) is 6.47. The molecular formula is C14H18N2O2S. The van der Waals surface area contributed by atoms with Gasteiger partial charge in [-0.3, -0.25) is 0 Å². The van der Waals surface area contributed by atoms with Crippen LogP contribution >= 0.6 is 12.2 Å². The van der Waals surface area contributed by atoms with Crippen LogP contribution < -0.4 is 4.74 Å². The fourth-order valence-electron chi connectivity index (χ4n) is 2.84. The molecule has 0 bridgehead atoms. The van der Waals surface area contributed by atoms with Crippen molar-refractivity contribution >= 4 is 23.3 Å². The van der Waals surface area contributed by atoms with Crippen LogP contribution in [-0.4, -0.2) is 29.4 Å². The maximum atomic E-state index is 5.74. The lowest BCUT2D eigenvalue weighted by Crippen LogP contribution is -2.36. The Balaban J connectivity index is 2.28. The van der Waals surface area contributed by atoms with Crippen molar-refractivity contribution in [3.05, 3.63) is 23.0 Å². The van der Waals surface area contributed by atoms with Crippen LogP contribution in [0.25, 0.3) is 11.0 Å². The van der Waals surface area contributed by atoms with Crippen LogP contribution in [0.2, 0.25) is 0 Å². The molecule has 4 nitrogen and oxygen atoms in total. The predicted molar refractivity (Wildman–Crippen MR) is 77.4 cm³/mol. The highest BCUT2D eigenvalue weighted by Gasteiger charge is 2.40. The fraction of sp³-hybridized carbons (Fsp3) is 0.500. The first-order chi connectivity index (χ1) is 9.06. The van der Waals surface area contributed by atoms with Gasteiger partial charge in [-0.05, 0) is 44.6 Å². The van der Waals surface area contributed by atoms with E-state index in [1.807, 2.05) is 18.2 Å². The Morgan fingerprint density at radius 3 is 2.95 bits per heavy atom. The average molecular weight is 278 g/mol. The van der Waals surface area contributed by atoms with Crippen LogP contribution in [0.15, 0.2) is 18.2 Å². The molecule has 3 rings (SSSR count). The number of nitrogens with one attached hydrogen (secondary N) is 1. The van der Waals surface area contributed by atoms with Gasteiger partial charge in [-0.2, -0.15) is 0 Å². The molecule has 2 aromatic rings. The van der Waals surface area contributed by atoms with Crippen LogP contribution in [0.4, 0.5) is 0 Å². The van der Waals surface area contributed by atoms with E-state index in [0.29, 0.717) is 0 Å². The van der Waals surface area contributed by atoms with Gasteiger partial charge in [-0.15, -0.1) is 0 Å². The number of fused-ring (bicyclic) bond motifs is 1. The molecule has 2 heterocycles. The number of hydrogen-bond acceptors (Lipinski definition) is 3. The highest BCUT2D eigenvalue weighted by Crippen LogP contribution is 2.36. The molecular weight excluding hydrogens is 260 g/mol. The lowest BCUT2D eigenvalue weighted by molar-refractivity contribution is 0.0770. The van der Waals surface area contributed by atoms with Crippen LogP contribution in [0, 0.1) is 4.77 Å². The van der Waals surface area contributed by atoms with Gasteiger partial charge in [0.1, 0.15) is 5.75 Å². The third kappa shape index (κ3) is 1.80. The summed E-state index contributed by atoms with van der Waals surface area (Å²) in [7, 11) is 1.68. The molecule has 0 aliphatic carbocycles. The van der Waals surface area contributed by atoms with Crippen LogP contribution in [-0.2, 0) is 10.3 Å². The molecule has 102 valence electrons. The van der Waals surface area contributed by atoms with E-state index >= 15 is 0 Å². The minimum atomic E-state index is -0.109. The third-order valence-electron chi connectivity index (χ3n) is 4.25. The minimum absolute atomic E-state index is 0.109. The van der Waals surface area contributed by atoms with Gasteiger partial charge in [0, 0.05) is 12.7 Å². The van der Waals surface area contributed by atoms with Gasteiger partial charge in [-0.1, -0.05) is 0 Å². The lowest BCUT2D eigenvalue weighted by Gasteiger charge is -2.30. The summed E-state index contributed by atoms with van der Waals surface area (Å²) in [6.45, 7) is 5.08. The van der Waals surface area contributed by atoms with Crippen molar-refractivity contribution in [2.24, 2.45) is 0 Å². The number of benzene rings is 1.